The van der Waals surface area contributed by atoms with Crippen LogP contribution in [0.15, 0.2) is 15.9 Å². The van der Waals surface area contributed by atoms with Crippen molar-refractivity contribution in [2.75, 3.05) is 6.61 Å². The zero-order valence-electron chi connectivity index (χ0n) is 7.62. The lowest BCUT2D eigenvalue weighted by Gasteiger charge is -2.38. The molecule has 1 saturated carbocycles. The first kappa shape index (κ1) is 10.3. The minimum absolute atomic E-state index is 0.0125. The Hall–Kier alpha value is -0.190. The molecule has 2 nitrogen and oxygen atoms in total. The molecule has 0 spiro atoms. The molecular weight excluding hydrogens is 264 g/mol. The lowest BCUT2D eigenvalue weighted by atomic mass is 9.66. The van der Waals surface area contributed by atoms with Crippen LogP contribution in [-0.4, -0.2) is 17.5 Å². The van der Waals surface area contributed by atoms with Crippen LogP contribution in [0.25, 0.3) is 0 Å². The molecule has 1 aliphatic carbocycles. The maximum atomic E-state index is 12.0. The second-order valence-corrected chi connectivity index (χ2v) is 6.19. The highest BCUT2D eigenvalue weighted by Crippen LogP contribution is 2.44. The quantitative estimate of drug-likeness (QED) is 0.861. The third-order valence-corrected chi connectivity index (χ3v) is 4.51. The molecule has 76 valence electrons. The summed E-state index contributed by atoms with van der Waals surface area (Å²) in [6.45, 7) is -0.0125. The lowest BCUT2D eigenvalue weighted by Crippen LogP contribution is -2.41. The summed E-state index contributed by atoms with van der Waals surface area (Å²) in [6.07, 6.45) is 2.72. The van der Waals surface area contributed by atoms with Crippen molar-refractivity contribution in [2.45, 2.75) is 19.3 Å². The van der Waals surface area contributed by atoms with Gasteiger partial charge in [0.1, 0.15) is 0 Å². The average Bonchev–Trinajstić information content (AvgIpc) is 2.50. The van der Waals surface area contributed by atoms with Crippen LogP contribution in [0, 0.1) is 5.41 Å². The number of aliphatic hydroxyl groups is 1. The number of ketones is 1. The van der Waals surface area contributed by atoms with Gasteiger partial charge >= 0.3 is 0 Å². The molecule has 1 fully saturated rings. The molecule has 0 unspecified atom stereocenters. The summed E-state index contributed by atoms with van der Waals surface area (Å²) in [7, 11) is 0. The number of rotatable bonds is 3. The van der Waals surface area contributed by atoms with Gasteiger partial charge in [-0.15, -0.1) is 11.3 Å². The molecular formula is C10H11BrO2S. The Morgan fingerprint density at radius 1 is 1.57 bits per heavy atom. The third kappa shape index (κ3) is 1.55. The smallest absolute Gasteiger partial charge is 0.181 e. The number of Topliss-reactive ketones (excluding diaryl/α,β-unsaturated/α-hetero) is 1. The molecule has 1 heterocycles. The maximum Gasteiger partial charge on any atom is 0.181 e. The van der Waals surface area contributed by atoms with Crippen LogP contribution < -0.4 is 0 Å². The molecule has 1 aromatic rings. The molecule has 14 heavy (non-hydrogen) atoms. The predicted octanol–water partition coefficient (Wildman–Crippen LogP) is 2.86. The Morgan fingerprint density at radius 2 is 2.29 bits per heavy atom. The molecule has 0 bridgehead atoms. The Morgan fingerprint density at radius 3 is 2.64 bits per heavy atom. The molecule has 0 atom stereocenters. The number of thiophene rings is 1. The van der Waals surface area contributed by atoms with Crippen molar-refractivity contribution < 1.29 is 9.90 Å². The predicted molar refractivity (Wildman–Crippen MR) is 59.7 cm³/mol. The fourth-order valence-corrected chi connectivity index (χ4v) is 3.20. The van der Waals surface area contributed by atoms with E-state index >= 15 is 0 Å². The summed E-state index contributed by atoms with van der Waals surface area (Å²) < 4.78 is 0.966. The highest BCUT2D eigenvalue weighted by atomic mass is 79.9. The van der Waals surface area contributed by atoms with Crippen molar-refractivity contribution in [2.24, 2.45) is 5.41 Å². The van der Waals surface area contributed by atoms with Gasteiger partial charge in [-0.05, 0) is 40.9 Å². The highest BCUT2D eigenvalue weighted by molar-refractivity contribution is 9.11. The van der Waals surface area contributed by atoms with Crippen molar-refractivity contribution in [1.29, 1.82) is 0 Å². The van der Waals surface area contributed by atoms with Crippen LogP contribution in [0.1, 0.15) is 28.9 Å². The Kier molecular flexibility index (Phi) is 2.77. The first-order chi connectivity index (χ1) is 6.68. The van der Waals surface area contributed by atoms with E-state index in [1.807, 2.05) is 12.1 Å². The van der Waals surface area contributed by atoms with Gasteiger partial charge in [-0.2, -0.15) is 0 Å². The summed E-state index contributed by atoms with van der Waals surface area (Å²) in [5, 5.41) is 9.25. The third-order valence-electron chi connectivity index (χ3n) is 2.89. The number of hydrogen-bond acceptors (Lipinski definition) is 3. The normalized spacial score (nSPS) is 19.0. The highest BCUT2D eigenvalue weighted by Gasteiger charge is 2.44. The van der Waals surface area contributed by atoms with E-state index in [2.05, 4.69) is 15.9 Å². The van der Waals surface area contributed by atoms with Crippen molar-refractivity contribution in [1.82, 2.24) is 0 Å². The molecule has 2 rings (SSSR count). The number of halogens is 1. The monoisotopic (exact) mass is 274 g/mol. The molecule has 0 saturated heterocycles. The molecule has 0 amide bonds. The van der Waals surface area contributed by atoms with E-state index in [-0.39, 0.29) is 12.4 Å². The number of carbonyl (C=O) groups excluding carboxylic acids is 1. The van der Waals surface area contributed by atoms with Gasteiger partial charge < -0.3 is 5.11 Å². The van der Waals surface area contributed by atoms with Crippen LogP contribution >= 0.6 is 27.3 Å². The summed E-state index contributed by atoms with van der Waals surface area (Å²) >= 11 is 4.78. The second-order valence-electron chi connectivity index (χ2n) is 3.72. The number of hydrogen-bond donors (Lipinski definition) is 1. The molecule has 4 heteroatoms. The van der Waals surface area contributed by atoms with Gasteiger partial charge in [-0.1, -0.05) is 6.42 Å². The SMILES string of the molecule is O=C(c1ccc(Br)s1)C1(CO)CCC1. The summed E-state index contributed by atoms with van der Waals surface area (Å²) in [5.41, 5.74) is -0.454. The van der Waals surface area contributed by atoms with Crippen LogP contribution in [0.4, 0.5) is 0 Å². The minimum Gasteiger partial charge on any atom is -0.395 e. The number of carbonyl (C=O) groups is 1. The van der Waals surface area contributed by atoms with Crippen molar-refractivity contribution in [3.8, 4) is 0 Å². The van der Waals surface area contributed by atoms with Gasteiger partial charge in [0.15, 0.2) is 5.78 Å². The van der Waals surface area contributed by atoms with Gasteiger partial charge in [0, 0.05) is 0 Å². The second kappa shape index (κ2) is 3.76. The van der Waals surface area contributed by atoms with E-state index in [0.29, 0.717) is 0 Å². The van der Waals surface area contributed by atoms with Crippen LogP contribution in [0.2, 0.25) is 0 Å². The zero-order chi connectivity index (χ0) is 10.2. The first-order valence-corrected chi connectivity index (χ1v) is 6.20. The van der Waals surface area contributed by atoms with E-state index in [9.17, 15) is 9.90 Å². The zero-order valence-corrected chi connectivity index (χ0v) is 10.0. The maximum absolute atomic E-state index is 12.0. The van der Waals surface area contributed by atoms with E-state index in [4.69, 9.17) is 0 Å². The first-order valence-electron chi connectivity index (χ1n) is 4.59. The summed E-state index contributed by atoms with van der Waals surface area (Å²) in [4.78, 5) is 12.8. The minimum atomic E-state index is -0.454. The van der Waals surface area contributed by atoms with Gasteiger partial charge in [0.05, 0.1) is 20.7 Å². The van der Waals surface area contributed by atoms with Crippen LogP contribution in [0.5, 0.6) is 0 Å². The molecule has 1 aliphatic rings. The molecule has 0 aromatic carbocycles. The van der Waals surface area contributed by atoms with E-state index < -0.39 is 5.41 Å². The van der Waals surface area contributed by atoms with Gasteiger partial charge in [0.2, 0.25) is 0 Å². The standard InChI is InChI=1S/C10H11BrO2S/c11-8-3-2-7(14-8)9(13)10(6-12)4-1-5-10/h2-3,12H,1,4-6H2. The fourth-order valence-electron chi connectivity index (χ4n) is 1.76. The Labute approximate surface area is 95.1 Å². The topological polar surface area (TPSA) is 37.3 Å². The lowest BCUT2D eigenvalue weighted by molar-refractivity contribution is 0.0352. The molecule has 1 N–H and O–H groups in total. The molecule has 0 radical (unpaired) electrons. The van der Waals surface area contributed by atoms with Crippen molar-refractivity contribution in [3.05, 3.63) is 20.8 Å². The van der Waals surface area contributed by atoms with E-state index in [0.717, 1.165) is 27.9 Å². The van der Waals surface area contributed by atoms with Crippen LogP contribution in [0.3, 0.4) is 0 Å². The Bertz CT molecular complexity index is 349. The van der Waals surface area contributed by atoms with Gasteiger partial charge in [-0.25, -0.2) is 0 Å². The molecule has 1 aromatic heterocycles. The van der Waals surface area contributed by atoms with Crippen LogP contribution in [-0.2, 0) is 0 Å². The van der Waals surface area contributed by atoms with E-state index in [1.54, 1.807) is 0 Å². The largest absolute Gasteiger partial charge is 0.395 e. The van der Waals surface area contributed by atoms with Gasteiger partial charge in [-0.3, -0.25) is 4.79 Å². The Balaban J connectivity index is 2.23. The average molecular weight is 275 g/mol. The summed E-state index contributed by atoms with van der Waals surface area (Å²) in [5.74, 6) is 0.113. The van der Waals surface area contributed by atoms with E-state index in [1.165, 1.54) is 11.3 Å². The summed E-state index contributed by atoms with van der Waals surface area (Å²) in [6, 6.07) is 3.70. The molecule has 0 aliphatic heterocycles. The fraction of sp³-hybridized carbons (Fsp3) is 0.500. The number of aliphatic hydroxyl groups excluding tert-OH is 1. The van der Waals surface area contributed by atoms with Crippen molar-refractivity contribution >= 4 is 33.0 Å². The van der Waals surface area contributed by atoms with Crippen molar-refractivity contribution in [3.63, 3.8) is 0 Å². The van der Waals surface area contributed by atoms with Gasteiger partial charge in [0.25, 0.3) is 0 Å².